The van der Waals surface area contributed by atoms with Gasteiger partial charge < -0.3 is 15.6 Å². The fourth-order valence-electron chi connectivity index (χ4n) is 3.01. The molecule has 0 aliphatic rings. The lowest BCUT2D eigenvalue weighted by molar-refractivity contribution is -0.0610. The predicted molar refractivity (Wildman–Crippen MR) is 99.8 cm³/mol. The van der Waals surface area contributed by atoms with Gasteiger partial charge in [-0.2, -0.15) is 17.6 Å². The molecule has 0 aliphatic carbocycles. The number of hydrogen-bond donors (Lipinski definition) is 2. The second kappa shape index (κ2) is 9.97. The molecular formula is C21H22F7NO2. The van der Waals surface area contributed by atoms with E-state index in [1.54, 1.807) is 0 Å². The van der Waals surface area contributed by atoms with Crippen LogP contribution in [0, 0.1) is 5.82 Å². The van der Waals surface area contributed by atoms with Gasteiger partial charge in [0.1, 0.15) is 11.4 Å². The van der Waals surface area contributed by atoms with Crippen LogP contribution in [0.1, 0.15) is 28.7 Å². The van der Waals surface area contributed by atoms with Gasteiger partial charge in [0.05, 0.1) is 13.2 Å². The minimum atomic E-state index is -4.06. The van der Waals surface area contributed by atoms with Crippen LogP contribution in [-0.2, 0) is 28.8 Å². The Morgan fingerprint density at radius 3 is 1.94 bits per heavy atom. The van der Waals surface area contributed by atoms with E-state index in [1.807, 2.05) is 0 Å². The van der Waals surface area contributed by atoms with Gasteiger partial charge in [-0.25, -0.2) is 13.2 Å². The van der Waals surface area contributed by atoms with E-state index < -0.39 is 61.0 Å². The molecule has 0 heterocycles. The minimum Gasteiger partial charge on any atom is -0.383 e. The van der Waals surface area contributed by atoms with Crippen molar-refractivity contribution in [1.29, 1.82) is 0 Å². The molecule has 0 spiro atoms. The van der Waals surface area contributed by atoms with Crippen LogP contribution in [0.4, 0.5) is 30.7 Å². The van der Waals surface area contributed by atoms with Gasteiger partial charge in [-0.05, 0) is 54.4 Å². The summed E-state index contributed by atoms with van der Waals surface area (Å²) in [5, 5.41) is 10.8. The van der Waals surface area contributed by atoms with Crippen molar-refractivity contribution in [1.82, 2.24) is 0 Å². The molecule has 0 radical (unpaired) electrons. The summed E-state index contributed by atoms with van der Waals surface area (Å²) in [4.78, 5) is 0. The molecule has 0 saturated heterocycles. The van der Waals surface area contributed by atoms with E-state index >= 15 is 0 Å². The number of nitrogens with two attached hydrogens (primary N) is 1. The highest BCUT2D eigenvalue weighted by atomic mass is 19.3. The highest BCUT2D eigenvalue weighted by Gasteiger charge is 2.37. The zero-order chi connectivity index (χ0) is 23.3. The third kappa shape index (κ3) is 6.18. The standard InChI is InChI=1S/C21H22F7NO2/c22-11-20(25,26)16-6-14(7-17(8-16)21(27,28)12-23)10-31-13-19(30,4-5-29)15-2-1-3-18(24)9-15/h1-3,6-9,30H,4-5,10-13,29H2. The van der Waals surface area contributed by atoms with Gasteiger partial charge in [0.2, 0.25) is 0 Å². The molecule has 31 heavy (non-hydrogen) atoms. The second-order valence-electron chi connectivity index (χ2n) is 7.17. The highest BCUT2D eigenvalue weighted by Crippen LogP contribution is 2.36. The van der Waals surface area contributed by atoms with Crippen LogP contribution in [0.15, 0.2) is 42.5 Å². The van der Waals surface area contributed by atoms with Crippen LogP contribution in [0.5, 0.6) is 0 Å². The maximum atomic E-state index is 13.8. The van der Waals surface area contributed by atoms with E-state index in [0.29, 0.717) is 6.07 Å². The summed E-state index contributed by atoms with van der Waals surface area (Å²) in [5.74, 6) is -8.73. The Bertz CT molecular complexity index is 844. The molecule has 0 saturated carbocycles. The van der Waals surface area contributed by atoms with Crippen molar-refractivity contribution >= 4 is 0 Å². The Morgan fingerprint density at radius 2 is 1.45 bits per heavy atom. The van der Waals surface area contributed by atoms with Crippen LogP contribution >= 0.6 is 0 Å². The summed E-state index contributed by atoms with van der Waals surface area (Å²) in [7, 11) is 0. The second-order valence-corrected chi connectivity index (χ2v) is 7.17. The average Bonchev–Trinajstić information content (AvgIpc) is 2.73. The average molecular weight is 453 g/mol. The van der Waals surface area contributed by atoms with Crippen LogP contribution in [0.3, 0.4) is 0 Å². The molecule has 2 aromatic rings. The summed E-state index contributed by atoms with van der Waals surface area (Å²) >= 11 is 0. The first-order valence-electron chi connectivity index (χ1n) is 9.26. The molecule has 0 amide bonds. The third-order valence-corrected chi connectivity index (χ3v) is 4.70. The Kier molecular flexibility index (Phi) is 8.07. The van der Waals surface area contributed by atoms with E-state index in [-0.39, 0.29) is 24.1 Å². The zero-order valence-electron chi connectivity index (χ0n) is 16.4. The smallest absolute Gasteiger partial charge is 0.301 e. The number of ether oxygens (including phenoxy) is 1. The molecule has 1 unspecified atom stereocenters. The number of hydrogen-bond acceptors (Lipinski definition) is 3. The van der Waals surface area contributed by atoms with Crippen molar-refractivity contribution in [3.63, 3.8) is 0 Å². The lowest BCUT2D eigenvalue weighted by Crippen LogP contribution is -2.34. The summed E-state index contributed by atoms with van der Waals surface area (Å²) < 4.78 is 99.3. The van der Waals surface area contributed by atoms with Crippen LogP contribution in [-0.4, -0.2) is 31.6 Å². The van der Waals surface area contributed by atoms with Crippen molar-refractivity contribution < 1.29 is 40.6 Å². The molecular weight excluding hydrogens is 431 g/mol. The Labute approximate surface area is 174 Å². The zero-order valence-corrected chi connectivity index (χ0v) is 16.4. The van der Waals surface area contributed by atoms with Crippen LogP contribution in [0.2, 0.25) is 0 Å². The first-order chi connectivity index (χ1) is 14.5. The Hall–Kier alpha value is -2.17. The Morgan fingerprint density at radius 1 is 0.871 bits per heavy atom. The number of halogens is 7. The maximum absolute atomic E-state index is 13.8. The van der Waals surface area contributed by atoms with Gasteiger partial charge in [-0.3, -0.25) is 0 Å². The molecule has 3 nitrogen and oxygen atoms in total. The topological polar surface area (TPSA) is 55.5 Å². The molecule has 172 valence electrons. The van der Waals surface area contributed by atoms with E-state index in [2.05, 4.69) is 0 Å². The van der Waals surface area contributed by atoms with E-state index in [4.69, 9.17) is 10.5 Å². The molecule has 1 atom stereocenters. The molecule has 0 fully saturated rings. The van der Waals surface area contributed by atoms with E-state index in [1.165, 1.54) is 12.1 Å². The summed E-state index contributed by atoms with van der Waals surface area (Å²) in [5.41, 5.74) is 1.60. The quantitative estimate of drug-likeness (QED) is 0.485. The van der Waals surface area contributed by atoms with Crippen molar-refractivity contribution in [3.8, 4) is 0 Å². The van der Waals surface area contributed by atoms with Gasteiger partial charge in [-0.1, -0.05) is 12.1 Å². The first kappa shape index (κ1) is 25.1. The van der Waals surface area contributed by atoms with Gasteiger partial charge in [0.25, 0.3) is 0 Å². The largest absolute Gasteiger partial charge is 0.383 e. The summed E-state index contributed by atoms with van der Waals surface area (Å²) in [6.07, 6.45) is -0.0401. The van der Waals surface area contributed by atoms with Gasteiger partial charge in [-0.15, -0.1) is 0 Å². The maximum Gasteiger partial charge on any atom is 0.301 e. The van der Waals surface area contributed by atoms with Gasteiger partial charge in [0, 0.05) is 11.1 Å². The number of rotatable bonds is 11. The van der Waals surface area contributed by atoms with Crippen LogP contribution in [0.25, 0.3) is 0 Å². The molecule has 3 N–H and O–H groups in total. The minimum absolute atomic E-state index is 0.00144. The van der Waals surface area contributed by atoms with Crippen molar-refractivity contribution in [2.75, 3.05) is 26.5 Å². The Balaban J connectivity index is 2.28. The number of aliphatic hydroxyl groups is 1. The summed E-state index contributed by atoms with van der Waals surface area (Å²) in [6, 6.07) is 6.91. The van der Waals surface area contributed by atoms with Crippen molar-refractivity contribution in [3.05, 3.63) is 70.5 Å². The molecule has 10 heteroatoms. The van der Waals surface area contributed by atoms with Crippen molar-refractivity contribution in [2.24, 2.45) is 5.73 Å². The molecule has 0 bridgehead atoms. The monoisotopic (exact) mass is 453 g/mol. The molecule has 2 aromatic carbocycles. The third-order valence-electron chi connectivity index (χ3n) is 4.70. The SMILES string of the molecule is NCCC(O)(COCc1cc(C(F)(F)CF)cc(C(F)(F)CF)c1)c1cccc(F)c1. The lowest BCUT2D eigenvalue weighted by Gasteiger charge is -2.28. The van der Waals surface area contributed by atoms with Crippen molar-refractivity contribution in [2.45, 2.75) is 30.5 Å². The lowest BCUT2D eigenvalue weighted by atomic mass is 9.91. The fraction of sp³-hybridized carbons (Fsp3) is 0.429. The number of alkyl halides is 6. The molecule has 0 aliphatic heterocycles. The van der Waals surface area contributed by atoms with E-state index in [0.717, 1.165) is 24.3 Å². The first-order valence-corrected chi connectivity index (χ1v) is 9.26. The molecule has 2 rings (SSSR count). The fourth-order valence-corrected chi connectivity index (χ4v) is 3.01. The predicted octanol–water partition coefficient (Wildman–Crippen LogP) is 4.70. The normalized spacial score (nSPS) is 14.5. The number of benzene rings is 2. The summed E-state index contributed by atoms with van der Waals surface area (Å²) in [6.45, 7) is -5.26. The van der Waals surface area contributed by atoms with Gasteiger partial charge >= 0.3 is 11.8 Å². The van der Waals surface area contributed by atoms with Gasteiger partial charge in [0.15, 0.2) is 13.3 Å². The highest BCUT2D eigenvalue weighted by molar-refractivity contribution is 5.35. The van der Waals surface area contributed by atoms with E-state index in [9.17, 15) is 35.8 Å². The van der Waals surface area contributed by atoms with Crippen LogP contribution < -0.4 is 5.73 Å². The molecule has 0 aromatic heterocycles.